The highest BCUT2D eigenvalue weighted by Crippen LogP contribution is 2.18. The summed E-state index contributed by atoms with van der Waals surface area (Å²) in [5.74, 6) is 0.290. The van der Waals surface area contributed by atoms with Crippen LogP contribution in [-0.2, 0) is 11.3 Å². The molecular formula is C18H20FNO3. The minimum Gasteiger partial charge on any atom is -0.489 e. The summed E-state index contributed by atoms with van der Waals surface area (Å²) in [6, 6.07) is 13.3. The van der Waals surface area contributed by atoms with Crippen LogP contribution in [0.2, 0.25) is 0 Å². The van der Waals surface area contributed by atoms with Gasteiger partial charge in [0.2, 0.25) is 0 Å². The van der Waals surface area contributed by atoms with E-state index < -0.39 is 11.7 Å². The molecule has 0 spiro atoms. The third kappa shape index (κ3) is 5.62. The van der Waals surface area contributed by atoms with Crippen LogP contribution in [-0.4, -0.2) is 11.7 Å². The summed E-state index contributed by atoms with van der Waals surface area (Å²) < 4.78 is 24.2. The lowest BCUT2D eigenvalue weighted by atomic mass is 10.2. The monoisotopic (exact) mass is 317 g/mol. The summed E-state index contributed by atoms with van der Waals surface area (Å²) in [7, 11) is 0. The van der Waals surface area contributed by atoms with E-state index in [1.807, 2.05) is 0 Å². The molecule has 0 aliphatic rings. The molecule has 0 aromatic heterocycles. The molecule has 0 atom stereocenters. The molecule has 2 aromatic carbocycles. The second kappa shape index (κ2) is 7.13. The summed E-state index contributed by atoms with van der Waals surface area (Å²) in [5, 5.41) is 2.63. The first kappa shape index (κ1) is 16.8. The van der Waals surface area contributed by atoms with Crippen molar-refractivity contribution >= 4 is 11.8 Å². The van der Waals surface area contributed by atoms with Gasteiger partial charge in [-0.05, 0) is 51.1 Å². The summed E-state index contributed by atoms with van der Waals surface area (Å²) in [5.41, 5.74) is 0.535. The summed E-state index contributed by atoms with van der Waals surface area (Å²) >= 11 is 0. The zero-order valence-electron chi connectivity index (χ0n) is 13.4. The van der Waals surface area contributed by atoms with Crippen LogP contribution in [0.1, 0.15) is 26.3 Å². The number of rotatable bonds is 4. The van der Waals surface area contributed by atoms with Crippen LogP contribution in [0.15, 0.2) is 48.5 Å². The number of hydrogen-bond donors (Lipinski definition) is 1. The van der Waals surface area contributed by atoms with Gasteiger partial charge in [0.05, 0.1) is 0 Å². The Morgan fingerprint density at radius 2 is 1.74 bits per heavy atom. The van der Waals surface area contributed by atoms with Crippen LogP contribution in [0.3, 0.4) is 0 Å². The first-order valence-corrected chi connectivity index (χ1v) is 7.30. The van der Waals surface area contributed by atoms with Crippen molar-refractivity contribution in [3.05, 3.63) is 59.9 Å². The van der Waals surface area contributed by atoms with E-state index in [-0.39, 0.29) is 12.4 Å². The molecule has 23 heavy (non-hydrogen) atoms. The van der Waals surface area contributed by atoms with Crippen LogP contribution in [0.25, 0.3) is 0 Å². The molecule has 2 aromatic rings. The second-order valence-corrected chi connectivity index (χ2v) is 6.03. The molecule has 0 aliphatic heterocycles. The van der Waals surface area contributed by atoms with Gasteiger partial charge in [-0.15, -0.1) is 0 Å². The average molecular weight is 317 g/mol. The lowest BCUT2D eigenvalue weighted by Gasteiger charge is -2.19. The van der Waals surface area contributed by atoms with Gasteiger partial charge in [-0.25, -0.2) is 9.18 Å². The zero-order valence-corrected chi connectivity index (χ0v) is 13.4. The predicted octanol–water partition coefficient (Wildman–Crippen LogP) is 4.75. The van der Waals surface area contributed by atoms with Crippen molar-refractivity contribution in [3.63, 3.8) is 0 Å². The Bertz CT molecular complexity index is 663. The van der Waals surface area contributed by atoms with Crippen molar-refractivity contribution in [2.45, 2.75) is 33.0 Å². The molecule has 0 heterocycles. The smallest absolute Gasteiger partial charge is 0.412 e. The first-order valence-electron chi connectivity index (χ1n) is 7.30. The normalized spacial score (nSPS) is 11.0. The highest BCUT2D eigenvalue weighted by molar-refractivity contribution is 5.84. The first-order chi connectivity index (χ1) is 10.8. The number of amides is 1. The summed E-state index contributed by atoms with van der Waals surface area (Å²) in [6.07, 6.45) is -0.516. The molecular weight excluding hydrogens is 297 g/mol. The molecule has 4 nitrogen and oxygen atoms in total. The van der Waals surface area contributed by atoms with Gasteiger partial charge in [-0.2, -0.15) is 0 Å². The van der Waals surface area contributed by atoms with Crippen LogP contribution in [0.5, 0.6) is 5.75 Å². The van der Waals surface area contributed by atoms with Gasteiger partial charge >= 0.3 is 6.09 Å². The second-order valence-electron chi connectivity index (χ2n) is 6.03. The summed E-state index contributed by atoms with van der Waals surface area (Å²) in [6.45, 7) is 5.54. The lowest BCUT2D eigenvalue weighted by molar-refractivity contribution is 0.0636. The Labute approximate surface area is 135 Å². The van der Waals surface area contributed by atoms with Gasteiger partial charge in [0.25, 0.3) is 0 Å². The Hall–Kier alpha value is -2.56. The summed E-state index contributed by atoms with van der Waals surface area (Å²) in [4.78, 5) is 11.7. The zero-order chi connectivity index (χ0) is 16.9. The minimum absolute atomic E-state index is 0.144. The van der Waals surface area contributed by atoms with Crippen molar-refractivity contribution in [1.29, 1.82) is 0 Å². The van der Waals surface area contributed by atoms with E-state index in [0.29, 0.717) is 17.0 Å². The number of halogens is 1. The molecule has 0 bridgehead atoms. The number of ether oxygens (including phenoxy) is 2. The molecule has 0 saturated heterocycles. The van der Waals surface area contributed by atoms with Crippen molar-refractivity contribution < 1.29 is 18.7 Å². The Balaban J connectivity index is 1.90. The molecule has 122 valence electrons. The predicted molar refractivity (Wildman–Crippen MR) is 87.0 cm³/mol. The van der Waals surface area contributed by atoms with E-state index in [1.54, 1.807) is 63.2 Å². The molecule has 0 unspecified atom stereocenters. The van der Waals surface area contributed by atoms with Crippen LogP contribution in [0, 0.1) is 5.82 Å². The standard InChI is InChI=1S/C18H20FNO3/c1-18(2,3)23-17(21)20-14-8-10-15(11-9-14)22-12-13-6-4-5-7-16(13)19/h4-11H,12H2,1-3H3,(H,20,21). The van der Waals surface area contributed by atoms with Gasteiger partial charge in [-0.1, -0.05) is 18.2 Å². The SMILES string of the molecule is CC(C)(C)OC(=O)Nc1ccc(OCc2ccccc2F)cc1. The van der Waals surface area contributed by atoms with E-state index >= 15 is 0 Å². The third-order valence-corrected chi connectivity index (χ3v) is 2.85. The fraction of sp³-hybridized carbons (Fsp3) is 0.278. The van der Waals surface area contributed by atoms with E-state index in [4.69, 9.17) is 9.47 Å². The van der Waals surface area contributed by atoms with Gasteiger partial charge < -0.3 is 9.47 Å². The Morgan fingerprint density at radius 1 is 1.09 bits per heavy atom. The van der Waals surface area contributed by atoms with Crippen LogP contribution < -0.4 is 10.1 Å². The molecule has 0 radical (unpaired) electrons. The minimum atomic E-state index is -0.549. The maximum atomic E-state index is 13.5. The van der Waals surface area contributed by atoms with Crippen molar-refractivity contribution in [2.24, 2.45) is 0 Å². The number of anilines is 1. The quantitative estimate of drug-likeness (QED) is 0.885. The maximum Gasteiger partial charge on any atom is 0.412 e. The molecule has 5 heteroatoms. The lowest BCUT2D eigenvalue weighted by Crippen LogP contribution is -2.27. The molecule has 1 N–H and O–H groups in total. The van der Waals surface area contributed by atoms with Crippen molar-refractivity contribution in [2.75, 3.05) is 5.32 Å². The van der Waals surface area contributed by atoms with Gasteiger partial charge in [-0.3, -0.25) is 5.32 Å². The van der Waals surface area contributed by atoms with Crippen LogP contribution in [0.4, 0.5) is 14.9 Å². The molecule has 1 amide bonds. The van der Waals surface area contributed by atoms with Gasteiger partial charge in [0.15, 0.2) is 0 Å². The molecule has 2 rings (SSSR count). The highest BCUT2D eigenvalue weighted by atomic mass is 19.1. The Kier molecular flexibility index (Phi) is 5.21. The number of carbonyl (C=O) groups is 1. The Morgan fingerprint density at radius 3 is 2.35 bits per heavy atom. The van der Waals surface area contributed by atoms with Crippen molar-refractivity contribution in [1.82, 2.24) is 0 Å². The third-order valence-electron chi connectivity index (χ3n) is 2.85. The molecule has 0 fully saturated rings. The molecule has 0 saturated carbocycles. The van der Waals surface area contributed by atoms with Gasteiger partial charge in [0.1, 0.15) is 23.8 Å². The van der Waals surface area contributed by atoms with Gasteiger partial charge in [0, 0.05) is 11.3 Å². The number of benzene rings is 2. The fourth-order valence-corrected chi connectivity index (χ4v) is 1.83. The van der Waals surface area contributed by atoms with E-state index in [9.17, 15) is 9.18 Å². The van der Waals surface area contributed by atoms with E-state index in [2.05, 4.69) is 5.32 Å². The topological polar surface area (TPSA) is 47.6 Å². The number of carbonyl (C=O) groups excluding carboxylic acids is 1. The number of nitrogens with one attached hydrogen (secondary N) is 1. The van der Waals surface area contributed by atoms with E-state index in [0.717, 1.165) is 0 Å². The van der Waals surface area contributed by atoms with Crippen LogP contribution >= 0.6 is 0 Å². The fourth-order valence-electron chi connectivity index (χ4n) is 1.83. The highest BCUT2D eigenvalue weighted by Gasteiger charge is 2.16. The molecule has 0 aliphatic carbocycles. The van der Waals surface area contributed by atoms with Crippen molar-refractivity contribution in [3.8, 4) is 5.75 Å². The average Bonchev–Trinajstić information content (AvgIpc) is 2.46. The van der Waals surface area contributed by atoms with E-state index in [1.165, 1.54) is 6.07 Å². The number of hydrogen-bond acceptors (Lipinski definition) is 3. The maximum absolute atomic E-state index is 13.5. The largest absolute Gasteiger partial charge is 0.489 e.